The second-order valence-electron chi connectivity index (χ2n) is 2.91. The van der Waals surface area contributed by atoms with E-state index in [-0.39, 0.29) is 0 Å². The van der Waals surface area contributed by atoms with Gasteiger partial charge in [-0.1, -0.05) is 0 Å². The summed E-state index contributed by atoms with van der Waals surface area (Å²) in [6, 6.07) is 5.66. The summed E-state index contributed by atoms with van der Waals surface area (Å²) in [6.07, 6.45) is 2.06. The second kappa shape index (κ2) is 5.51. The Bertz CT molecular complexity index is 344. The maximum Gasteiger partial charge on any atom is 0.127 e. The third kappa shape index (κ3) is 3.27. The molecule has 0 atom stereocenters. The Hall–Kier alpha value is -1.21. The van der Waals surface area contributed by atoms with Crippen LogP contribution in [-0.2, 0) is 0 Å². The number of nitrogens with zero attached hydrogens (tertiary/aromatic N) is 2. The summed E-state index contributed by atoms with van der Waals surface area (Å²) in [7, 11) is 0. The molecular weight excluding hydrogens is 194 g/mol. The average molecular weight is 207 g/mol. The lowest BCUT2D eigenvalue weighted by Crippen LogP contribution is -2.06. The van der Waals surface area contributed by atoms with Gasteiger partial charge in [-0.05, 0) is 25.3 Å². The zero-order valence-electron chi connectivity index (χ0n) is 8.37. The number of rotatable bonds is 4. The minimum atomic E-state index is 0.657. The molecule has 0 bridgehead atoms. The molecule has 1 heterocycles. The summed E-state index contributed by atoms with van der Waals surface area (Å²) in [5.41, 5.74) is 1.53. The Morgan fingerprint density at radius 2 is 2.36 bits per heavy atom. The molecule has 0 fully saturated rings. The molecule has 1 aromatic rings. The van der Waals surface area contributed by atoms with Crippen molar-refractivity contribution in [3.8, 4) is 6.07 Å². The molecule has 4 heteroatoms. The third-order valence-corrected chi connectivity index (χ3v) is 2.31. The standard InChI is InChI=1S/C10H13N3S/c1-8-5-9(7-11)6-10(13-8)12-3-4-14-2/h5-6H,3-4H2,1-2H3,(H,12,13). The first-order valence-corrected chi connectivity index (χ1v) is 5.77. The van der Waals surface area contributed by atoms with Crippen molar-refractivity contribution in [3.05, 3.63) is 23.4 Å². The molecule has 0 radical (unpaired) electrons. The van der Waals surface area contributed by atoms with Crippen LogP contribution in [-0.4, -0.2) is 23.5 Å². The fraction of sp³-hybridized carbons (Fsp3) is 0.400. The zero-order valence-corrected chi connectivity index (χ0v) is 9.19. The molecule has 0 aliphatic heterocycles. The molecule has 0 aliphatic rings. The molecule has 0 amide bonds. The molecule has 14 heavy (non-hydrogen) atoms. The van der Waals surface area contributed by atoms with Gasteiger partial charge in [-0.3, -0.25) is 0 Å². The number of aryl methyl sites for hydroxylation is 1. The minimum absolute atomic E-state index is 0.657. The van der Waals surface area contributed by atoms with E-state index in [2.05, 4.69) is 22.6 Å². The molecule has 1 N–H and O–H groups in total. The molecule has 1 aromatic heterocycles. The summed E-state index contributed by atoms with van der Waals surface area (Å²) < 4.78 is 0. The molecule has 1 rings (SSSR count). The van der Waals surface area contributed by atoms with Crippen molar-refractivity contribution in [2.24, 2.45) is 0 Å². The van der Waals surface area contributed by atoms with E-state index in [1.54, 1.807) is 23.9 Å². The predicted molar refractivity (Wildman–Crippen MR) is 60.6 cm³/mol. The van der Waals surface area contributed by atoms with Crippen molar-refractivity contribution >= 4 is 17.6 Å². The van der Waals surface area contributed by atoms with Crippen LogP contribution in [0.15, 0.2) is 12.1 Å². The molecule has 0 spiro atoms. The Morgan fingerprint density at radius 3 is 3.00 bits per heavy atom. The van der Waals surface area contributed by atoms with E-state index in [4.69, 9.17) is 5.26 Å². The third-order valence-electron chi connectivity index (χ3n) is 1.69. The van der Waals surface area contributed by atoms with Crippen molar-refractivity contribution in [3.63, 3.8) is 0 Å². The average Bonchev–Trinajstić information content (AvgIpc) is 2.17. The largest absolute Gasteiger partial charge is 0.369 e. The van der Waals surface area contributed by atoms with Crippen LogP contribution in [0.2, 0.25) is 0 Å². The van der Waals surface area contributed by atoms with Crippen LogP contribution in [0.25, 0.3) is 0 Å². The number of thioether (sulfide) groups is 1. The van der Waals surface area contributed by atoms with Crippen LogP contribution in [0.5, 0.6) is 0 Å². The first-order valence-electron chi connectivity index (χ1n) is 4.38. The number of hydrogen-bond donors (Lipinski definition) is 1. The van der Waals surface area contributed by atoms with Gasteiger partial charge in [0.1, 0.15) is 5.82 Å². The summed E-state index contributed by atoms with van der Waals surface area (Å²) in [6.45, 7) is 2.77. The van der Waals surface area contributed by atoms with Gasteiger partial charge in [0.05, 0.1) is 11.6 Å². The van der Waals surface area contributed by atoms with Crippen molar-refractivity contribution < 1.29 is 0 Å². The van der Waals surface area contributed by atoms with Crippen molar-refractivity contribution in [2.45, 2.75) is 6.92 Å². The predicted octanol–water partition coefficient (Wildman–Crippen LogP) is 2.04. The van der Waals surface area contributed by atoms with E-state index in [1.807, 2.05) is 6.92 Å². The van der Waals surface area contributed by atoms with Crippen molar-refractivity contribution in [2.75, 3.05) is 23.9 Å². The first kappa shape index (κ1) is 10.9. The quantitative estimate of drug-likeness (QED) is 0.767. The highest BCUT2D eigenvalue weighted by Gasteiger charge is 1.98. The van der Waals surface area contributed by atoms with Gasteiger partial charge in [0, 0.05) is 18.0 Å². The number of aromatic nitrogens is 1. The van der Waals surface area contributed by atoms with Crippen LogP contribution in [0.4, 0.5) is 5.82 Å². The fourth-order valence-electron chi connectivity index (χ4n) is 1.10. The number of nitrogens with one attached hydrogen (secondary N) is 1. The molecule has 0 aliphatic carbocycles. The first-order chi connectivity index (χ1) is 6.76. The van der Waals surface area contributed by atoms with Gasteiger partial charge in [0.15, 0.2) is 0 Å². The lowest BCUT2D eigenvalue weighted by Gasteiger charge is -2.05. The zero-order chi connectivity index (χ0) is 10.4. The van der Waals surface area contributed by atoms with E-state index in [0.717, 1.165) is 23.8 Å². The molecule has 0 unspecified atom stereocenters. The second-order valence-corrected chi connectivity index (χ2v) is 3.90. The molecule has 3 nitrogen and oxygen atoms in total. The fourth-order valence-corrected chi connectivity index (χ4v) is 1.41. The van der Waals surface area contributed by atoms with Gasteiger partial charge in [-0.2, -0.15) is 17.0 Å². The number of anilines is 1. The molecule has 0 saturated carbocycles. The Morgan fingerprint density at radius 1 is 1.57 bits per heavy atom. The summed E-state index contributed by atoms with van der Waals surface area (Å²) >= 11 is 1.78. The monoisotopic (exact) mass is 207 g/mol. The Balaban J connectivity index is 2.68. The Labute approximate surface area is 88.5 Å². The van der Waals surface area contributed by atoms with Crippen LogP contribution in [0.3, 0.4) is 0 Å². The Kier molecular flexibility index (Phi) is 4.27. The van der Waals surface area contributed by atoms with Gasteiger partial charge in [-0.25, -0.2) is 4.98 Å². The van der Waals surface area contributed by atoms with E-state index < -0.39 is 0 Å². The van der Waals surface area contributed by atoms with Gasteiger partial charge in [0.25, 0.3) is 0 Å². The van der Waals surface area contributed by atoms with E-state index >= 15 is 0 Å². The van der Waals surface area contributed by atoms with Crippen molar-refractivity contribution in [1.29, 1.82) is 5.26 Å². The molecular formula is C10H13N3S. The highest BCUT2D eigenvalue weighted by molar-refractivity contribution is 7.98. The molecule has 0 aromatic carbocycles. The maximum absolute atomic E-state index is 8.75. The minimum Gasteiger partial charge on any atom is -0.369 e. The number of nitriles is 1. The van der Waals surface area contributed by atoms with E-state index in [0.29, 0.717) is 5.56 Å². The lowest BCUT2D eigenvalue weighted by atomic mass is 10.2. The van der Waals surface area contributed by atoms with Crippen LogP contribution in [0.1, 0.15) is 11.3 Å². The van der Waals surface area contributed by atoms with Crippen LogP contribution < -0.4 is 5.32 Å². The van der Waals surface area contributed by atoms with Crippen molar-refractivity contribution in [1.82, 2.24) is 4.98 Å². The number of pyridine rings is 1. The SMILES string of the molecule is CSCCNc1cc(C#N)cc(C)n1. The highest BCUT2D eigenvalue weighted by atomic mass is 32.2. The molecule has 74 valence electrons. The summed E-state index contributed by atoms with van der Waals surface area (Å²) in [5, 5.41) is 11.9. The lowest BCUT2D eigenvalue weighted by molar-refractivity contribution is 1.13. The highest BCUT2D eigenvalue weighted by Crippen LogP contribution is 2.09. The van der Waals surface area contributed by atoms with Crippen LogP contribution in [0, 0.1) is 18.3 Å². The topological polar surface area (TPSA) is 48.7 Å². The summed E-state index contributed by atoms with van der Waals surface area (Å²) in [5.74, 6) is 1.83. The normalized spacial score (nSPS) is 9.50. The van der Waals surface area contributed by atoms with Gasteiger partial charge < -0.3 is 5.32 Å². The smallest absolute Gasteiger partial charge is 0.127 e. The van der Waals surface area contributed by atoms with E-state index in [1.165, 1.54) is 0 Å². The van der Waals surface area contributed by atoms with Gasteiger partial charge >= 0.3 is 0 Å². The van der Waals surface area contributed by atoms with Crippen LogP contribution >= 0.6 is 11.8 Å². The maximum atomic E-state index is 8.75. The van der Waals surface area contributed by atoms with E-state index in [9.17, 15) is 0 Å². The van der Waals surface area contributed by atoms with Gasteiger partial charge in [0.2, 0.25) is 0 Å². The summed E-state index contributed by atoms with van der Waals surface area (Å²) in [4.78, 5) is 4.28. The molecule has 0 saturated heterocycles. The number of hydrogen-bond acceptors (Lipinski definition) is 4. The van der Waals surface area contributed by atoms with Gasteiger partial charge in [-0.15, -0.1) is 0 Å².